The molecular formula is C13H13ClN2O2. The van der Waals surface area contributed by atoms with Crippen molar-refractivity contribution in [3.05, 3.63) is 47.1 Å². The molecule has 1 aromatic heterocycles. The highest BCUT2D eigenvalue weighted by molar-refractivity contribution is 6.30. The third-order valence-corrected chi connectivity index (χ3v) is 2.79. The smallest absolute Gasteiger partial charge is 0.224 e. The monoisotopic (exact) mass is 264 g/mol. The van der Waals surface area contributed by atoms with Crippen molar-refractivity contribution in [1.29, 1.82) is 0 Å². The topological polar surface area (TPSA) is 55.1 Å². The van der Waals surface area contributed by atoms with Crippen LogP contribution in [0.2, 0.25) is 5.02 Å². The van der Waals surface area contributed by atoms with Gasteiger partial charge in [-0.3, -0.25) is 4.79 Å². The molecule has 18 heavy (non-hydrogen) atoms. The molecule has 1 N–H and O–H groups in total. The molecule has 94 valence electrons. The van der Waals surface area contributed by atoms with E-state index in [-0.39, 0.29) is 5.91 Å². The van der Waals surface area contributed by atoms with Crippen LogP contribution in [0.4, 0.5) is 5.69 Å². The zero-order chi connectivity index (χ0) is 13.0. The number of hydrogen-bond donors (Lipinski definition) is 1. The van der Waals surface area contributed by atoms with E-state index in [0.29, 0.717) is 17.9 Å². The zero-order valence-corrected chi connectivity index (χ0v) is 10.7. The molecular weight excluding hydrogens is 252 g/mol. The Hall–Kier alpha value is -1.81. The highest BCUT2D eigenvalue weighted by atomic mass is 35.5. The summed E-state index contributed by atoms with van der Waals surface area (Å²) in [6, 6.07) is 5.36. The summed E-state index contributed by atoms with van der Waals surface area (Å²) >= 11 is 5.85. The standard InChI is InChI=1S/C13H13ClN2O2/c1-9-6-10(14)2-4-12(9)16-13(17)5-3-11-7-18-8-15-11/h2,4,6-8H,3,5H2,1H3,(H,16,17). The number of nitrogens with one attached hydrogen (secondary N) is 1. The van der Waals surface area contributed by atoms with Gasteiger partial charge >= 0.3 is 0 Å². The van der Waals surface area contributed by atoms with Gasteiger partial charge in [-0.25, -0.2) is 4.98 Å². The maximum atomic E-state index is 11.7. The number of carbonyl (C=O) groups excluding carboxylic acids is 1. The molecule has 0 aliphatic rings. The zero-order valence-electron chi connectivity index (χ0n) is 9.94. The summed E-state index contributed by atoms with van der Waals surface area (Å²) in [5.74, 6) is -0.0524. The summed E-state index contributed by atoms with van der Waals surface area (Å²) in [4.78, 5) is 15.7. The summed E-state index contributed by atoms with van der Waals surface area (Å²) in [6.07, 6.45) is 3.83. The number of amides is 1. The van der Waals surface area contributed by atoms with Crippen molar-refractivity contribution in [3.8, 4) is 0 Å². The summed E-state index contributed by atoms with van der Waals surface area (Å²) in [5.41, 5.74) is 2.50. The lowest BCUT2D eigenvalue weighted by Crippen LogP contribution is -2.13. The number of anilines is 1. The fourth-order valence-corrected chi connectivity index (χ4v) is 1.81. The Morgan fingerprint density at radius 1 is 1.50 bits per heavy atom. The maximum absolute atomic E-state index is 11.7. The molecule has 2 rings (SSSR count). The van der Waals surface area contributed by atoms with Crippen LogP contribution in [0.25, 0.3) is 0 Å². The first kappa shape index (κ1) is 12.6. The van der Waals surface area contributed by atoms with Gasteiger partial charge in [-0.2, -0.15) is 0 Å². The molecule has 1 aromatic carbocycles. The Balaban J connectivity index is 1.91. The van der Waals surface area contributed by atoms with Gasteiger partial charge in [-0.05, 0) is 30.7 Å². The fraction of sp³-hybridized carbons (Fsp3) is 0.231. The Morgan fingerprint density at radius 2 is 2.33 bits per heavy atom. The van der Waals surface area contributed by atoms with Crippen LogP contribution in [0.1, 0.15) is 17.7 Å². The van der Waals surface area contributed by atoms with Crippen LogP contribution in [-0.2, 0) is 11.2 Å². The van der Waals surface area contributed by atoms with Crippen LogP contribution in [0.15, 0.2) is 35.3 Å². The molecule has 0 bridgehead atoms. The summed E-state index contributed by atoms with van der Waals surface area (Å²) < 4.78 is 4.84. The minimum absolute atomic E-state index is 0.0524. The number of aromatic nitrogens is 1. The van der Waals surface area contributed by atoms with E-state index in [0.717, 1.165) is 16.9 Å². The Morgan fingerprint density at radius 3 is 3.00 bits per heavy atom. The quantitative estimate of drug-likeness (QED) is 0.923. The molecule has 0 spiro atoms. The fourth-order valence-electron chi connectivity index (χ4n) is 1.58. The predicted molar refractivity (Wildman–Crippen MR) is 69.6 cm³/mol. The second-order valence-corrected chi connectivity index (χ2v) is 4.42. The SMILES string of the molecule is Cc1cc(Cl)ccc1NC(=O)CCc1cocn1. The predicted octanol–water partition coefficient (Wildman–Crippen LogP) is 3.21. The molecule has 0 atom stereocenters. The van der Waals surface area contributed by atoms with Gasteiger partial charge in [0.15, 0.2) is 6.39 Å². The van der Waals surface area contributed by atoms with Crippen LogP contribution in [0.3, 0.4) is 0 Å². The summed E-state index contributed by atoms with van der Waals surface area (Å²) in [6.45, 7) is 1.90. The molecule has 0 aliphatic carbocycles. The Bertz CT molecular complexity index is 538. The van der Waals surface area contributed by atoms with E-state index in [2.05, 4.69) is 10.3 Å². The Labute approximate surface area is 110 Å². The van der Waals surface area contributed by atoms with Crippen LogP contribution in [0.5, 0.6) is 0 Å². The van der Waals surface area contributed by atoms with Crippen molar-refractivity contribution in [3.63, 3.8) is 0 Å². The van der Waals surface area contributed by atoms with Gasteiger partial charge in [0.05, 0.1) is 5.69 Å². The van der Waals surface area contributed by atoms with Gasteiger partial charge in [0.25, 0.3) is 0 Å². The molecule has 1 heterocycles. The van der Waals surface area contributed by atoms with Crippen molar-refractivity contribution in [2.24, 2.45) is 0 Å². The third kappa shape index (κ3) is 3.34. The lowest BCUT2D eigenvalue weighted by molar-refractivity contribution is -0.116. The summed E-state index contributed by atoms with van der Waals surface area (Å²) in [7, 11) is 0. The average Bonchev–Trinajstić information content (AvgIpc) is 2.83. The highest BCUT2D eigenvalue weighted by Gasteiger charge is 2.06. The minimum atomic E-state index is -0.0524. The van der Waals surface area contributed by atoms with Crippen molar-refractivity contribution >= 4 is 23.2 Å². The molecule has 1 amide bonds. The largest absolute Gasteiger partial charge is 0.451 e. The Kier molecular flexibility index (Phi) is 3.99. The third-order valence-electron chi connectivity index (χ3n) is 2.55. The van der Waals surface area contributed by atoms with Gasteiger partial charge in [-0.15, -0.1) is 0 Å². The van der Waals surface area contributed by atoms with Crippen LogP contribution < -0.4 is 5.32 Å². The van der Waals surface area contributed by atoms with Crippen molar-refractivity contribution in [2.75, 3.05) is 5.32 Å². The number of nitrogens with zero attached hydrogens (tertiary/aromatic N) is 1. The average molecular weight is 265 g/mol. The number of benzene rings is 1. The van der Waals surface area contributed by atoms with Gasteiger partial charge < -0.3 is 9.73 Å². The van der Waals surface area contributed by atoms with Crippen molar-refractivity contribution < 1.29 is 9.21 Å². The van der Waals surface area contributed by atoms with Gasteiger partial charge in [0.1, 0.15) is 6.26 Å². The van der Waals surface area contributed by atoms with Gasteiger partial charge in [-0.1, -0.05) is 11.6 Å². The van der Waals surface area contributed by atoms with Gasteiger partial charge in [0, 0.05) is 23.6 Å². The first-order valence-corrected chi connectivity index (χ1v) is 5.96. The molecule has 0 saturated heterocycles. The number of rotatable bonds is 4. The first-order chi connectivity index (χ1) is 8.65. The van der Waals surface area contributed by atoms with E-state index in [1.807, 2.05) is 13.0 Å². The van der Waals surface area contributed by atoms with Crippen LogP contribution >= 0.6 is 11.6 Å². The number of aryl methyl sites for hydroxylation is 2. The molecule has 0 fully saturated rings. The van der Waals surface area contributed by atoms with E-state index < -0.39 is 0 Å². The molecule has 4 nitrogen and oxygen atoms in total. The number of carbonyl (C=O) groups is 1. The lowest BCUT2D eigenvalue weighted by Gasteiger charge is -2.08. The van der Waals surface area contributed by atoms with E-state index in [1.54, 1.807) is 18.4 Å². The van der Waals surface area contributed by atoms with E-state index in [9.17, 15) is 4.79 Å². The molecule has 0 saturated carbocycles. The minimum Gasteiger partial charge on any atom is -0.451 e. The van der Waals surface area contributed by atoms with E-state index in [4.69, 9.17) is 16.0 Å². The first-order valence-electron chi connectivity index (χ1n) is 5.58. The van der Waals surface area contributed by atoms with Crippen molar-refractivity contribution in [2.45, 2.75) is 19.8 Å². The van der Waals surface area contributed by atoms with E-state index >= 15 is 0 Å². The molecule has 0 unspecified atom stereocenters. The number of oxazole rings is 1. The summed E-state index contributed by atoms with van der Waals surface area (Å²) in [5, 5.41) is 3.50. The lowest BCUT2D eigenvalue weighted by atomic mass is 10.2. The number of halogens is 1. The molecule has 5 heteroatoms. The second-order valence-electron chi connectivity index (χ2n) is 3.99. The molecule has 0 aliphatic heterocycles. The normalized spacial score (nSPS) is 10.3. The molecule has 0 radical (unpaired) electrons. The highest BCUT2D eigenvalue weighted by Crippen LogP contribution is 2.19. The second kappa shape index (κ2) is 5.69. The van der Waals surface area contributed by atoms with E-state index in [1.165, 1.54) is 6.39 Å². The van der Waals surface area contributed by atoms with Crippen molar-refractivity contribution in [1.82, 2.24) is 4.98 Å². The van der Waals surface area contributed by atoms with Gasteiger partial charge in [0.2, 0.25) is 5.91 Å². The maximum Gasteiger partial charge on any atom is 0.224 e. The molecule has 2 aromatic rings. The number of hydrogen-bond acceptors (Lipinski definition) is 3. The van der Waals surface area contributed by atoms with Crippen LogP contribution in [-0.4, -0.2) is 10.9 Å². The van der Waals surface area contributed by atoms with Crippen LogP contribution in [0, 0.1) is 6.92 Å².